The first-order chi connectivity index (χ1) is 9.67. The van der Waals surface area contributed by atoms with Crippen LogP contribution < -0.4 is 11.1 Å². The summed E-state index contributed by atoms with van der Waals surface area (Å²) in [4.78, 5) is 18.2. The van der Waals surface area contributed by atoms with Gasteiger partial charge in [-0.3, -0.25) is 4.90 Å². The SMILES string of the molecule is CCN1CCCC1CNc1nccc(C(=O)OC)c1N. The first-order valence-corrected chi connectivity index (χ1v) is 6.98. The van der Waals surface area contributed by atoms with Crippen LogP contribution in [0.25, 0.3) is 0 Å². The fourth-order valence-electron chi connectivity index (χ4n) is 2.66. The number of nitrogen functional groups attached to an aromatic ring is 1. The van der Waals surface area contributed by atoms with Gasteiger partial charge in [-0.25, -0.2) is 9.78 Å². The highest BCUT2D eigenvalue weighted by atomic mass is 16.5. The van der Waals surface area contributed by atoms with Crippen LogP contribution >= 0.6 is 0 Å². The number of anilines is 2. The molecule has 0 amide bonds. The van der Waals surface area contributed by atoms with Crippen molar-refractivity contribution in [1.82, 2.24) is 9.88 Å². The number of likely N-dealkylation sites (N-methyl/N-ethyl adjacent to an activating group) is 1. The van der Waals surface area contributed by atoms with Crippen LogP contribution in [0.15, 0.2) is 12.3 Å². The molecule has 1 atom stereocenters. The van der Waals surface area contributed by atoms with Gasteiger partial charge in [0.15, 0.2) is 0 Å². The van der Waals surface area contributed by atoms with Gasteiger partial charge in [-0.15, -0.1) is 0 Å². The number of nitrogens with one attached hydrogen (secondary N) is 1. The van der Waals surface area contributed by atoms with Gasteiger partial charge in [0.25, 0.3) is 0 Å². The van der Waals surface area contributed by atoms with Crippen LogP contribution in [-0.4, -0.2) is 48.6 Å². The molecule has 2 rings (SSSR count). The highest BCUT2D eigenvalue weighted by Crippen LogP contribution is 2.22. The van der Waals surface area contributed by atoms with E-state index in [-0.39, 0.29) is 0 Å². The van der Waals surface area contributed by atoms with Crippen molar-refractivity contribution in [1.29, 1.82) is 0 Å². The third-order valence-electron chi connectivity index (χ3n) is 3.81. The molecule has 0 saturated carbocycles. The fourth-order valence-corrected chi connectivity index (χ4v) is 2.66. The number of methoxy groups -OCH3 is 1. The van der Waals surface area contributed by atoms with Crippen molar-refractivity contribution in [2.45, 2.75) is 25.8 Å². The largest absolute Gasteiger partial charge is 0.465 e. The predicted octanol–water partition coefficient (Wildman–Crippen LogP) is 1.35. The topological polar surface area (TPSA) is 80.5 Å². The lowest BCUT2D eigenvalue weighted by Crippen LogP contribution is -2.35. The Morgan fingerprint density at radius 3 is 3.15 bits per heavy atom. The van der Waals surface area contributed by atoms with E-state index >= 15 is 0 Å². The summed E-state index contributed by atoms with van der Waals surface area (Å²) in [7, 11) is 1.34. The second-order valence-electron chi connectivity index (χ2n) is 4.92. The molecular formula is C14H22N4O2. The molecule has 2 heterocycles. The van der Waals surface area contributed by atoms with Crippen molar-refractivity contribution >= 4 is 17.5 Å². The normalized spacial score (nSPS) is 19.0. The van der Waals surface area contributed by atoms with Gasteiger partial charge in [0.05, 0.1) is 18.4 Å². The fraction of sp³-hybridized carbons (Fsp3) is 0.571. The zero-order valence-corrected chi connectivity index (χ0v) is 12.1. The molecule has 110 valence electrons. The molecule has 1 aliphatic heterocycles. The molecule has 0 aliphatic carbocycles. The molecular weight excluding hydrogens is 256 g/mol. The highest BCUT2D eigenvalue weighted by Gasteiger charge is 2.23. The third-order valence-corrected chi connectivity index (χ3v) is 3.81. The molecule has 6 nitrogen and oxygen atoms in total. The molecule has 0 spiro atoms. The summed E-state index contributed by atoms with van der Waals surface area (Å²) < 4.78 is 4.70. The average molecular weight is 278 g/mol. The number of rotatable bonds is 5. The minimum absolute atomic E-state index is 0.348. The van der Waals surface area contributed by atoms with Crippen molar-refractivity contribution in [2.24, 2.45) is 0 Å². The summed E-state index contributed by atoms with van der Waals surface area (Å²) in [5.41, 5.74) is 6.67. The number of hydrogen-bond acceptors (Lipinski definition) is 6. The molecule has 6 heteroatoms. The van der Waals surface area contributed by atoms with E-state index in [1.807, 2.05) is 0 Å². The van der Waals surface area contributed by atoms with Gasteiger partial charge < -0.3 is 15.8 Å². The van der Waals surface area contributed by atoms with Gasteiger partial charge in [0, 0.05) is 18.8 Å². The van der Waals surface area contributed by atoms with Crippen LogP contribution in [0.4, 0.5) is 11.5 Å². The highest BCUT2D eigenvalue weighted by molar-refractivity contribution is 5.97. The van der Waals surface area contributed by atoms with Crippen LogP contribution in [0, 0.1) is 0 Å². The number of carbonyl (C=O) groups is 1. The first kappa shape index (κ1) is 14.6. The lowest BCUT2D eigenvalue weighted by molar-refractivity contribution is 0.0602. The summed E-state index contributed by atoms with van der Waals surface area (Å²) in [6.07, 6.45) is 3.97. The Labute approximate surface area is 119 Å². The van der Waals surface area contributed by atoms with Crippen molar-refractivity contribution in [3.8, 4) is 0 Å². The quantitative estimate of drug-likeness (QED) is 0.791. The maximum Gasteiger partial charge on any atom is 0.340 e. The van der Waals surface area contributed by atoms with E-state index in [9.17, 15) is 4.79 Å². The number of hydrogen-bond donors (Lipinski definition) is 2. The summed E-state index contributed by atoms with van der Waals surface area (Å²) in [5, 5.41) is 3.25. The molecule has 0 aromatic carbocycles. The molecule has 1 unspecified atom stereocenters. The number of esters is 1. The van der Waals surface area contributed by atoms with E-state index in [2.05, 4.69) is 22.1 Å². The molecule has 1 aliphatic rings. The lowest BCUT2D eigenvalue weighted by Gasteiger charge is -2.23. The second-order valence-corrected chi connectivity index (χ2v) is 4.92. The van der Waals surface area contributed by atoms with Gasteiger partial charge in [-0.2, -0.15) is 0 Å². The number of nitrogens with two attached hydrogens (primary N) is 1. The van der Waals surface area contributed by atoms with E-state index < -0.39 is 5.97 Å². The van der Waals surface area contributed by atoms with Gasteiger partial charge in [0.2, 0.25) is 0 Å². The zero-order chi connectivity index (χ0) is 14.5. The number of pyridine rings is 1. The number of nitrogens with zero attached hydrogens (tertiary/aromatic N) is 2. The number of ether oxygens (including phenoxy) is 1. The van der Waals surface area contributed by atoms with Crippen LogP contribution in [0.5, 0.6) is 0 Å². The minimum Gasteiger partial charge on any atom is -0.465 e. The van der Waals surface area contributed by atoms with E-state index in [0.29, 0.717) is 23.1 Å². The van der Waals surface area contributed by atoms with E-state index in [4.69, 9.17) is 10.5 Å². The molecule has 1 aromatic heterocycles. The van der Waals surface area contributed by atoms with E-state index in [1.165, 1.54) is 20.0 Å². The van der Waals surface area contributed by atoms with Gasteiger partial charge >= 0.3 is 5.97 Å². The minimum atomic E-state index is -0.441. The zero-order valence-electron chi connectivity index (χ0n) is 12.1. The molecule has 20 heavy (non-hydrogen) atoms. The maximum atomic E-state index is 11.6. The van der Waals surface area contributed by atoms with Gasteiger partial charge in [-0.05, 0) is 32.0 Å². The Bertz CT molecular complexity index is 478. The van der Waals surface area contributed by atoms with Crippen LogP contribution in [0.3, 0.4) is 0 Å². The predicted molar refractivity (Wildman–Crippen MR) is 78.7 cm³/mol. The van der Waals surface area contributed by atoms with Gasteiger partial charge in [-0.1, -0.05) is 6.92 Å². The molecule has 0 radical (unpaired) electrons. The van der Waals surface area contributed by atoms with Crippen molar-refractivity contribution < 1.29 is 9.53 Å². The molecule has 1 saturated heterocycles. The maximum absolute atomic E-state index is 11.6. The number of aromatic nitrogens is 1. The Balaban J connectivity index is 2.04. The summed E-state index contributed by atoms with van der Waals surface area (Å²) in [6, 6.07) is 2.07. The summed E-state index contributed by atoms with van der Waals surface area (Å²) in [5.74, 6) is 0.111. The Morgan fingerprint density at radius 2 is 2.45 bits per heavy atom. The van der Waals surface area contributed by atoms with E-state index in [0.717, 1.165) is 19.6 Å². The summed E-state index contributed by atoms with van der Waals surface area (Å²) in [6.45, 7) is 5.16. The molecule has 0 bridgehead atoms. The monoisotopic (exact) mass is 278 g/mol. The van der Waals surface area contributed by atoms with Crippen molar-refractivity contribution in [3.63, 3.8) is 0 Å². The molecule has 3 N–H and O–H groups in total. The summed E-state index contributed by atoms with van der Waals surface area (Å²) >= 11 is 0. The molecule has 1 fully saturated rings. The van der Waals surface area contributed by atoms with Crippen molar-refractivity contribution in [2.75, 3.05) is 37.8 Å². The first-order valence-electron chi connectivity index (χ1n) is 6.98. The number of carbonyl (C=O) groups excluding carboxylic acids is 1. The number of likely N-dealkylation sites (tertiary alicyclic amines) is 1. The second kappa shape index (κ2) is 6.56. The van der Waals surface area contributed by atoms with Crippen LogP contribution in [0.2, 0.25) is 0 Å². The Morgan fingerprint density at radius 1 is 1.65 bits per heavy atom. The third kappa shape index (κ3) is 3.01. The Kier molecular flexibility index (Phi) is 4.79. The smallest absolute Gasteiger partial charge is 0.340 e. The van der Waals surface area contributed by atoms with Gasteiger partial charge in [0.1, 0.15) is 5.82 Å². The van der Waals surface area contributed by atoms with Crippen LogP contribution in [-0.2, 0) is 4.74 Å². The van der Waals surface area contributed by atoms with Crippen molar-refractivity contribution in [3.05, 3.63) is 17.8 Å². The Hall–Kier alpha value is -1.82. The van der Waals surface area contributed by atoms with Crippen LogP contribution in [0.1, 0.15) is 30.1 Å². The average Bonchev–Trinajstić information content (AvgIpc) is 2.93. The standard InChI is InChI=1S/C14H22N4O2/c1-3-18-8-4-5-10(18)9-17-13-12(15)11(6-7-16-13)14(19)20-2/h6-7,10H,3-5,8-9,15H2,1-2H3,(H,16,17). The lowest BCUT2D eigenvalue weighted by atomic mass is 10.2. The molecule has 1 aromatic rings. The van der Waals surface area contributed by atoms with E-state index in [1.54, 1.807) is 12.3 Å².